The monoisotopic (exact) mass is 371 g/mol. The Hall–Kier alpha value is -1.11. The Morgan fingerprint density at radius 1 is 1.10 bits per heavy atom. The van der Waals surface area contributed by atoms with E-state index in [1.54, 1.807) is 30.3 Å². The maximum absolute atomic E-state index is 12.3. The third kappa shape index (κ3) is 4.69. The molecule has 0 atom stereocenters. The van der Waals surface area contributed by atoms with Crippen molar-refractivity contribution < 1.29 is 12.8 Å². The van der Waals surface area contributed by atoms with Gasteiger partial charge in [0.15, 0.2) is 9.84 Å². The van der Waals surface area contributed by atoms with Crippen LogP contribution in [-0.4, -0.2) is 14.5 Å². The van der Waals surface area contributed by atoms with Crippen LogP contribution in [-0.2, 0) is 22.1 Å². The van der Waals surface area contributed by atoms with Gasteiger partial charge in [-0.1, -0.05) is 29.8 Å². The topological polar surface area (TPSA) is 59.3 Å². The number of furan rings is 1. The molecule has 0 amide bonds. The van der Waals surface area contributed by atoms with Crippen LogP contribution in [0.5, 0.6) is 0 Å². The molecule has 0 aliphatic carbocycles. The first kappa shape index (κ1) is 16.3. The molecule has 0 aliphatic rings. The number of hydrogen-bond acceptors (Lipinski definition) is 4. The fraction of sp³-hybridized carbons (Fsp3) is 0.333. The normalized spacial score (nSPS) is 12.0. The average Bonchev–Trinajstić information content (AvgIpc) is 2.84. The molecule has 4 nitrogen and oxygen atoms in total. The van der Waals surface area contributed by atoms with Crippen LogP contribution in [0.4, 0.5) is 0 Å². The highest BCUT2D eigenvalue weighted by atomic mass is 79.9. The van der Waals surface area contributed by atoms with E-state index in [2.05, 4.69) is 21.2 Å². The van der Waals surface area contributed by atoms with Gasteiger partial charge in [-0.3, -0.25) is 0 Å². The Balaban J connectivity index is 2.08. The van der Waals surface area contributed by atoms with Crippen molar-refractivity contribution in [2.75, 3.05) is 0 Å². The maximum Gasteiger partial charge on any atom is 0.185 e. The Morgan fingerprint density at radius 3 is 2.33 bits per heavy atom. The van der Waals surface area contributed by atoms with Crippen molar-refractivity contribution in [3.8, 4) is 0 Å². The van der Waals surface area contributed by atoms with E-state index in [0.29, 0.717) is 23.2 Å². The molecule has 0 unspecified atom stereocenters. The molecule has 0 bridgehead atoms. The highest BCUT2D eigenvalue weighted by Gasteiger charge is 2.17. The summed E-state index contributed by atoms with van der Waals surface area (Å²) >= 11 is 3.29. The minimum atomic E-state index is -3.38. The highest BCUT2D eigenvalue weighted by molar-refractivity contribution is 9.10. The van der Waals surface area contributed by atoms with E-state index in [1.165, 1.54) is 0 Å². The van der Waals surface area contributed by atoms with E-state index in [0.717, 1.165) is 10.2 Å². The van der Waals surface area contributed by atoms with Crippen LogP contribution in [0.1, 0.15) is 25.4 Å². The van der Waals surface area contributed by atoms with Crippen molar-refractivity contribution in [1.29, 1.82) is 0 Å². The van der Waals surface area contributed by atoms with Crippen LogP contribution in [0.25, 0.3) is 0 Å². The second kappa shape index (κ2) is 6.77. The number of nitrogens with one attached hydrogen (secondary N) is 1. The lowest BCUT2D eigenvalue weighted by molar-refractivity contribution is 0.443. The fourth-order valence-corrected chi connectivity index (χ4v) is 3.32. The number of sulfone groups is 1. The Bertz CT molecular complexity index is 690. The van der Waals surface area contributed by atoms with Crippen molar-refractivity contribution in [3.63, 3.8) is 0 Å². The molecule has 2 aromatic rings. The average molecular weight is 372 g/mol. The van der Waals surface area contributed by atoms with E-state index in [-0.39, 0.29) is 5.75 Å². The van der Waals surface area contributed by atoms with Gasteiger partial charge in [0, 0.05) is 10.5 Å². The summed E-state index contributed by atoms with van der Waals surface area (Å²) in [5, 5.41) is 3.23. The van der Waals surface area contributed by atoms with E-state index < -0.39 is 9.84 Å². The second-order valence-electron chi connectivity index (χ2n) is 5.12. The summed E-state index contributed by atoms with van der Waals surface area (Å²) in [5.41, 5.74) is 0. The number of halogens is 1. The predicted octanol–water partition coefficient (Wildman–Crippen LogP) is 3.51. The molecule has 0 radical (unpaired) electrons. The summed E-state index contributed by atoms with van der Waals surface area (Å²) in [6.45, 7) is 4.68. The molecule has 0 saturated heterocycles. The first-order chi connectivity index (χ1) is 9.87. The minimum absolute atomic E-state index is 0.129. The molecule has 1 N–H and O–H groups in total. The summed E-state index contributed by atoms with van der Waals surface area (Å²) < 4.78 is 31.0. The van der Waals surface area contributed by atoms with E-state index in [1.807, 2.05) is 19.9 Å². The van der Waals surface area contributed by atoms with Crippen LogP contribution in [0, 0.1) is 0 Å². The SMILES string of the molecule is CC(C)NCc1ccc(CS(=O)(=O)c2ccc(Br)cc2)o1. The fourth-order valence-electron chi connectivity index (χ4n) is 1.81. The molecule has 0 fully saturated rings. The quantitative estimate of drug-likeness (QED) is 0.843. The molecule has 114 valence electrons. The van der Waals surface area contributed by atoms with Gasteiger partial charge < -0.3 is 9.73 Å². The molecular formula is C15H18BrNO3S. The molecular weight excluding hydrogens is 354 g/mol. The van der Waals surface area contributed by atoms with Crippen LogP contribution in [0.2, 0.25) is 0 Å². The van der Waals surface area contributed by atoms with Crippen molar-refractivity contribution in [1.82, 2.24) is 5.32 Å². The molecule has 1 aromatic carbocycles. The zero-order chi connectivity index (χ0) is 15.5. The van der Waals surface area contributed by atoms with Crippen LogP contribution in [0.3, 0.4) is 0 Å². The standard InChI is InChI=1S/C15H18BrNO3S/c1-11(2)17-9-13-5-6-14(20-13)10-21(18,19)15-7-3-12(16)4-8-15/h3-8,11,17H,9-10H2,1-2H3. The Kier molecular flexibility index (Phi) is 5.24. The van der Waals surface area contributed by atoms with Gasteiger partial charge in [0.1, 0.15) is 17.3 Å². The first-order valence-corrected chi connectivity index (χ1v) is 9.10. The summed E-state index contributed by atoms with van der Waals surface area (Å²) in [7, 11) is -3.38. The first-order valence-electron chi connectivity index (χ1n) is 6.66. The lowest BCUT2D eigenvalue weighted by atomic mass is 10.3. The Morgan fingerprint density at radius 2 is 1.71 bits per heavy atom. The van der Waals surface area contributed by atoms with Gasteiger partial charge in [-0.15, -0.1) is 0 Å². The van der Waals surface area contributed by atoms with E-state index in [4.69, 9.17) is 4.42 Å². The van der Waals surface area contributed by atoms with Crippen LogP contribution < -0.4 is 5.32 Å². The summed E-state index contributed by atoms with van der Waals surface area (Å²) in [6.07, 6.45) is 0. The van der Waals surface area contributed by atoms with Crippen LogP contribution in [0.15, 0.2) is 50.2 Å². The lowest BCUT2D eigenvalue weighted by Crippen LogP contribution is -2.21. The van der Waals surface area contributed by atoms with Crippen molar-refractivity contribution in [3.05, 3.63) is 52.4 Å². The van der Waals surface area contributed by atoms with Crippen molar-refractivity contribution >= 4 is 25.8 Å². The van der Waals surface area contributed by atoms with Gasteiger partial charge in [0.2, 0.25) is 0 Å². The minimum Gasteiger partial charge on any atom is -0.464 e. The number of hydrogen-bond donors (Lipinski definition) is 1. The smallest absolute Gasteiger partial charge is 0.185 e. The largest absolute Gasteiger partial charge is 0.464 e. The zero-order valence-corrected chi connectivity index (χ0v) is 14.4. The molecule has 6 heteroatoms. The molecule has 0 aliphatic heterocycles. The van der Waals surface area contributed by atoms with Gasteiger partial charge in [0.25, 0.3) is 0 Å². The molecule has 0 spiro atoms. The van der Waals surface area contributed by atoms with Gasteiger partial charge in [-0.05, 0) is 36.4 Å². The van der Waals surface area contributed by atoms with E-state index >= 15 is 0 Å². The number of rotatable bonds is 6. The summed E-state index contributed by atoms with van der Waals surface area (Å²) in [6, 6.07) is 10.5. The van der Waals surface area contributed by atoms with Crippen molar-refractivity contribution in [2.24, 2.45) is 0 Å². The molecule has 21 heavy (non-hydrogen) atoms. The van der Waals surface area contributed by atoms with Gasteiger partial charge in [-0.2, -0.15) is 0 Å². The van der Waals surface area contributed by atoms with Crippen LogP contribution >= 0.6 is 15.9 Å². The molecule has 1 aromatic heterocycles. The third-order valence-corrected chi connectivity index (χ3v) is 5.09. The van der Waals surface area contributed by atoms with Gasteiger partial charge in [-0.25, -0.2) is 8.42 Å². The summed E-state index contributed by atoms with van der Waals surface area (Å²) in [5.74, 6) is 1.07. The zero-order valence-electron chi connectivity index (χ0n) is 12.0. The second-order valence-corrected chi connectivity index (χ2v) is 8.02. The number of benzene rings is 1. The molecule has 1 heterocycles. The predicted molar refractivity (Wildman–Crippen MR) is 85.7 cm³/mol. The lowest BCUT2D eigenvalue weighted by Gasteiger charge is -2.05. The Labute approximate surface area is 133 Å². The van der Waals surface area contributed by atoms with Gasteiger partial charge in [0.05, 0.1) is 11.4 Å². The summed E-state index contributed by atoms with van der Waals surface area (Å²) in [4.78, 5) is 0.295. The maximum atomic E-state index is 12.3. The van der Waals surface area contributed by atoms with E-state index in [9.17, 15) is 8.42 Å². The molecule has 0 saturated carbocycles. The van der Waals surface area contributed by atoms with Crippen molar-refractivity contribution in [2.45, 2.75) is 37.1 Å². The third-order valence-electron chi connectivity index (χ3n) is 2.91. The highest BCUT2D eigenvalue weighted by Crippen LogP contribution is 2.20. The van der Waals surface area contributed by atoms with Gasteiger partial charge >= 0.3 is 0 Å². The molecule has 2 rings (SSSR count).